The Morgan fingerprint density at radius 1 is 1.00 bits per heavy atom. The van der Waals surface area contributed by atoms with Crippen molar-refractivity contribution in [3.63, 3.8) is 0 Å². The molecular formula is C23H26N2O2. The van der Waals surface area contributed by atoms with E-state index in [2.05, 4.69) is 29.7 Å². The van der Waals surface area contributed by atoms with E-state index in [1.54, 1.807) is 0 Å². The number of hydrogen-bond acceptors (Lipinski definition) is 3. The van der Waals surface area contributed by atoms with Crippen LogP contribution in [0.4, 0.5) is 5.69 Å². The van der Waals surface area contributed by atoms with Gasteiger partial charge in [0.15, 0.2) is 6.61 Å². The van der Waals surface area contributed by atoms with E-state index in [9.17, 15) is 4.79 Å². The van der Waals surface area contributed by atoms with Crippen LogP contribution >= 0.6 is 0 Å². The second kappa shape index (κ2) is 9.19. The van der Waals surface area contributed by atoms with Crippen LogP contribution in [0.15, 0.2) is 60.7 Å². The molecule has 0 saturated carbocycles. The summed E-state index contributed by atoms with van der Waals surface area (Å²) in [7, 11) is 0. The van der Waals surface area contributed by atoms with E-state index >= 15 is 0 Å². The fourth-order valence-electron chi connectivity index (χ4n) is 3.00. The minimum Gasteiger partial charge on any atom is -0.483 e. The summed E-state index contributed by atoms with van der Waals surface area (Å²) in [6.07, 6.45) is 1.07. The van der Waals surface area contributed by atoms with E-state index in [4.69, 9.17) is 4.74 Å². The number of nitrogens with one attached hydrogen (secondary N) is 2. The monoisotopic (exact) mass is 362 g/mol. The predicted molar refractivity (Wildman–Crippen MR) is 111 cm³/mol. The molecule has 3 rings (SSSR count). The summed E-state index contributed by atoms with van der Waals surface area (Å²) in [6, 6.07) is 19.9. The van der Waals surface area contributed by atoms with Crippen LogP contribution in [-0.2, 0) is 11.3 Å². The molecule has 1 amide bonds. The molecule has 0 radical (unpaired) electrons. The van der Waals surface area contributed by atoms with Gasteiger partial charge < -0.3 is 15.4 Å². The standard InChI is InChI=1S/C23H26N2O2/c1-3-14-24-15-21-20-7-5-4-6-18(20)10-13-22(21)27-16-23(26)25-19-11-8-17(2)9-12-19/h4-13,24H,3,14-16H2,1-2H3,(H,25,26). The largest absolute Gasteiger partial charge is 0.483 e. The molecule has 2 N–H and O–H groups in total. The number of hydrogen-bond donors (Lipinski definition) is 2. The third kappa shape index (κ3) is 5.08. The quantitative estimate of drug-likeness (QED) is 0.573. The van der Waals surface area contributed by atoms with E-state index in [-0.39, 0.29) is 12.5 Å². The van der Waals surface area contributed by atoms with Gasteiger partial charge in [-0.25, -0.2) is 0 Å². The second-order valence-electron chi connectivity index (χ2n) is 6.64. The summed E-state index contributed by atoms with van der Waals surface area (Å²) in [5.74, 6) is 0.579. The number of carbonyl (C=O) groups is 1. The molecule has 3 aromatic rings. The van der Waals surface area contributed by atoms with Crippen molar-refractivity contribution in [1.29, 1.82) is 0 Å². The van der Waals surface area contributed by atoms with Gasteiger partial charge in [0, 0.05) is 17.8 Å². The van der Waals surface area contributed by atoms with Gasteiger partial charge in [0.1, 0.15) is 5.75 Å². The van der Waals surface area contributed by atoms with Crippen molar-refractivity contribution in [2.75, 3.05) is 18.5 Å². The average Bonchev–Trinajstić information content (AvgIpc) is 2.69. The van der Waals surface area contributed by atoms with Crippen molar-refractivity contribution in [3.8, 4) is 5.75 Å². The van der Waals surface area contributed by atoms with Crippen molar-refractivity contribution < 1.29 is 9.53 Å². The third-order valence-corrected chi connectivity index (χ3v) is 4.42. The summed E-state index contributed by atoms with van der Waals surface area (Å²) in [5.41, 5.74) is 3.02. The Balaban J connectivity index is 1.72. The van der Waals surface area contributed by atoms with Gasteiger partial charge in [-0.3, -0.25) is 4.79 Å². The Bertz CT molecular complexity index is 904. The second-order valence-corrected chi connectivity index (χ2v) is 6.64. The fourth-order valence-corrected chi connectivity index (χ4v) is 3.00. The zero-order valence-corrected chi connectivity index (χ0v) is 15.9. The predicted octanol–water partition coefficient (Wildman–Crippen LogP) is 4.67. The van der Waals surface area contributed by atoms with Gasteiger partial charge in [-0.1, -0.05) is 55.0 Å². The van der Waals surface area contributed by atoms with Crippen LogP contribution < -0.4 is 15.4 Å². The van der Waals surface area contributed by atoms with Crippen molar-refractivity contribution in [2.45, 2.75) is 26.8 Å². The molecule has 0 fully saturated rings. The first-order chi connectivity index (χ1) is 13.2. The highest BCUT2D eigenvalue weighted by Gasteiger charge is 2.11. The van der Waals surface area contributed by atoms with Gasteiger partial charge in [-0.2, -0.15) is 0 Å². The van der Waals surface area contributed by atoms with E-state index in [1.165, 1.54) is 5.39 Å². The van der Waals surface area contributed by atoms with Crippen molar-refractivity contribution >= 4 is 22.4 Å². The number of ether oxygens (including phenoxy) is 1. The molecule has 0 aliphatic heterocycles. The Labute approximate surface area is 160 Å². The molecule has 0 spiro atoms. The van der Waals surface area contributed by atoms with Crippen LogP contribution in [0.3, 0.4) is 0 Å². The Morgan fingerprint density at radius 2 is 1.78 bits per heavy atom. The van der Waals surface area contributed by atoms with Gasteiger partial charge in [0.05, 0.1) is 0 Å². The zero-order chi connectivity index (χ0) is 19.1. The molecule has 4 heteroatoms. The summed E-state index contributed by atoms with van der Waals surface area (Å²) >= 11 is 0. The molecule has 140 valence electrons. The molecule has 0 aliphatic carbocycles. The molecule has 0 atom stereocenters. The summed E-state index contributed by atoms with van der Waals surface area (Å²) < 4.78 is 5.88. The first-order valence-corrected chi connectivity index (χ1v) is 9.38. The molecule has 0 heterocycles. The highest BCUT2D eigenvalue weighted by molar-refractivity contribution is 5.92. The van der Waals surface area contributed by atoms with E-state index < -0.39 is 0 Å². The van der Waals surface area contributed by atoms with Crippen LogP contribution in [-0.4, -0.2) is 19.1 Å². The number of benzene rings is 3. The SMILES string of the molecule is CCCNCc1c(OCC(=O)Nc2ccc(C)cc2)ccc2ccccc12. The van der Waals surface area contributed by atoms with Crippen LogP contribution in [0, 0.1) is 6.92 Å². The number of carbonyl (C=O) groups excluding carboxylic acids is 1. The highest BCUT2D eigenvalue weighted by atomic mass is 16.5. The normalized spacial score (nSPS) is 10.7. The summed E-state index contributed by atoms with van der Waals surface area (Å²) in [4.78, 5) is 12.3. The number of anilines is 1. The minimum atomic E-state index is -0.167. The summed E-state index contributed by atoms with van der Waals surface area (Å²) in [6.45, 7) is 5.79. The Hall–Kier alpha value is -2.85. The van der Waals surface area contributed by atoms with Gasteiger partial charge in [-0.15, -0.1) is 0 Å². The molecule has 3 aromatic carbocycles. The molecule has 4 nitrogen and oxygen atoms in total. The summed E-state index contributed by atoms with van der Waals surface area (Å²) in [5, 5.41) is 8.62. The number of aryl methyl sites for hydroxylation is 1. The van der Waals surface area contributed by atoms with Crippen molar-refractivity contribution in [3.05, 3.63) is 71.8 Å². The van der Waals surface area contributed by atoms with E-state index in [1.807, 2.05) is 55.5 Å². The number of fused-ring (bicyclic) bond motifs is 1. The minimum absolute atomic E-state index is 0.0208. The lowest BCUT2D eigenvalue weighted by atomic mass is 10.0. The Kier molecular flexibility index (Phi) is 6.44. The van der Waals surface area contributed by atoms with Crippen LogP contribution in [0.1, 0.15) is 24.5 Å². The maximum atomic E-state index is 12.3. The first-order valence-electron chi connectivity index (χ1n) is 9.38. The molecular weight excluding hydrogens is 336 g/mol. The molecule has 0 unspecified atom stereocenters. The van der Waals surface area contributed by atoms with Crippen LogP contribution in [0.2, 0.25) is 0 Å². The smallest absolute Gasteiger partial charge is 0.262 e. The Morgan fingerprint density at radius 3 is 2.56 bits per heavy atom. The number of amides is 1. The molecule has 0 aliphatic rings. The fraction of sp³-hybridized carbons (Fsp3) is 0.261. The van der Waals surface area contributed by atoms with Crippen LogP contribution in [0.5, 0.6) is 5.75 Å². The van der Waals surface area contributed by atoms with Crippen molar-refractivity contribution in [1.82, 2.24) is 5.32 Å². The average molecular weight is 362 g/mol. The van der Waals surface area contributed by atoms with Gasteiger partial charge in [0.25, 0.3) is 5.91 Å². The topological polar surface area (TPSA) is 50.4 Å². The lowest BCUT2D eigenvalue weighted by Gasteiger charge is -2.15. The highest BCUT2D eigenvalue weighted by Crippen LogP contribution is 2.28. The van der Waals surface area contributed by atoms with Gasteiger partial charge in [0.2, 0.25) is 0 Å². The lowest BCUT2D eigenvalue weighted by Crippen LogP contribution is -2.21. The van der Waals surface area contributed by atoms with Crippen molar-refractivity contribution in [2.24, 2.45) is 0 Å². The molecule has 0 bridgehead atoms. The molecule has 27 heavy (non-hydrogen) atoms. The lowest BCUT2D eigenvalue weighted by molar-refractivity contribution is -0.118. The molecule has 0 aromatic heterocycles. The first kappa shape index (κ1) is 18.9. The maximum absolute atomic E-state index is 12.3. The number of rotatable bonds is 8. The van der Waals surface area contributed by atoms with Crippen LogP contribution in [0.25, 0.3) is 10.8 Å². The zero-order valence-electron chi connectivity index (χ0n) is 15.9. The van der Waals surface area contributed by atoms with Gasteiger partial charge in [-0.05, 0) is 48.9 Å². The maximum Gasteiger partial charge on any atom is 0.262 e. The van der Waals surface area contributed by atoms with Gasteiger partial charge >= 0.3 is 0 Å². The van der Waals surface area contributed by atoms with E-state index in [0.29, 0.717) is 6.54 Å². The molecule has 0 saturated heterocycles. The third-order valence-electron chi connectivity index (χ3n) is 4.42. The van der Waals surface area contributed by atoms with E-state index in [0.717, 1.165) is 40.9 Å².